The molecule has 0 spiro atoms. The van der Waals surface area contributed by atoms with Crippen LogP contribution in [0, 0.1) is 16.7 Å². The van der Waals surface area contributed by atoms with Gasteiger partial charge in [0, 0.05) is 13.0 Å². The number of hydrogen-bond donors (Lipinski definition) is 2. The number of Topliss-reactive ketones (excluding diaryl/α,β-unsaturated/α-hetero) is 1. The second-order valence-corrected chi connectivity index (χ2v) is 5.56. The van der Waals surface area contributed by atoms with E-state index in [1.165, 1.54) is 0 Å². The van der Waals surface area contributed by atoms with E-state index < -0.39 is 17.4 Å². The van der Waals surface area contributed by atoms with Crippen LogP contribution in [-0.4, -0.2) is 24.3 Å². The Hall–Kier alpha value is -0.900. The van der Waals surface area contributed by atoms with Gasteiger partial charge >= 0.3 is 0 Å². The first kappa shape index (κ1) is 11.6. The number of primary amides is 1. The third-order valence-corrected chi connectivity index (χ3v) is 4.61. The number of piperidine rings is 1. The SMILES string of the molecule is CCCC(=O)C12C(C(N)=O)NCC1C2(C)C. The molecule has 2 fully saturated rings. The Labute approximate surface area is 96.0 Å². The Bertz CT molecular complexity index is 351. The second-order valence-electron chi connectivity index (χ2n) is 5.56. The normalized spacial score (nSPS) is 39.2. The van der Waals surface area contributed by atoms with Crippen molar-refractivity contribution >= 4 is 11.7 Å². The van der Waals surface area contributed by atoms with Crippen LogP contribution in [0.2, 0.25) is 0 Å². The van der Waals surface area contributed by atoms with E-state index in [-0.39, 0.29) is 17.1 Å². The molecule has 3 unspecified atom stereocenters. The molecule has 1 saturated heterocycles. The monoisotopic (exact) mass is 224 g/mol. The van der Waals surface area contributed by atoms with E-state index in [4.69, 9.17) is 5.73 Å². The zero-order valence-corrected chi connectivity index (χ0v) is 10.2. The Morgan fingerprint density at radius 2 is 2.06 bits per heavy atom. The molecule has 1 heterocycles. The molecule has 90 valence electrons. The fourth-order valence-corrected chi connectivity index (χ4v) is 3.77. The van der Waals surface area contributed by atoms with Gasteiger partial charge in [-0.2, -0.15) is 0 Å². The zero-order chi connectivity index (χ0) is 12.1. The number of rotatable bonds is 4. The Balaban J connectivity index is 2.34. The van der Waals surface area contributed by atoms with Crippen LogP contribution in [0.15, 0.2) is 0 Å². The van der Waals surface area contributed by atoms with Crippen molar-refractivity contribution in [3.8, 4) is 0 Å². The largest absolute Gasteiger partial charge is 0.368 e. The predicted octanol–water partition coefficient (Wildman–Crippen LogP) is 0.455. The summed E-state index contributed by atoms with van der Waals surface area (Å²) in [5, 5.41) is 3.10. The molecule has 1 saturated carbocycles. The summed E-state index contributed by atoms with van der Waals surface area (Å²) < 4.78 is 0. The van der Waals surface area contributed by atoms with Gasteiger partial charge in [-0.25, -0.2) is 0 Å². The lowest BCUT2D eigenvalue weighted by Gasteiger charge is -2.25. The maximum atomic E-state index is 12.3. The lowest BCUT2D eigenvalue weighted by molar-refractivity contribution is -0.132. The van der Waals surface area contributed by atoms with Gasteiger partial charge in [-0.1, -0.05) is 20.8 Å². The average molecular weight is 224 g/mol. The Morgan fingerprint density at radius 1 is 1.44 bits per heavy atom. The van der Waals surface area contributed by atoms with Crippen molar-refractivity contribution < 1.29 is 9.59 Å². The molecule has 0 aromatic carbocycles. The summed E-state index contributed by atoms with van der Waals surface area (Å²) in [4.78, 5) is 23.7. The van der Waals surface area contributed by atoms with E-state index >= 15 is 0 Å². The van der Waals surface area contributed by atoms with Crippen LogP contribution in [0.25, 0.3) is 0 Å². The lowest BCUT2D eigenvalue weighted by atomic mass is 9.82. The van der Waals surface area contributed by atoms with Crippen LogP contribution in [0.3, 0.4) is 0 Å². The number of carbonyl (C=O) groups is 2. The van der Waals surface area contributed by atoms with Gasteiger partial charge in [-0.15, -0.1) is 0 Å². The van der Waals surface area contributed by atoms with E-state index in [1.54, 1.807) is 0 Å². The van der Waals surface area contributed by atoms with Gasteiger partial charge in [0.15, 0.2) is 0 Å². The summed E-state index contributed by atoms with van der Waals surface area (Å²) in [5.41, 5.74) is 4.80. The van der Waals surface area contributed by atoms with Gasteiger partial charge < -0.3 is 11.1 Å². The summed E-state index contributed by atoms with van der Waals surface area (Å²) in [7, 11) is 0. The molecule has 2 rings (SSSR count). The van der Waals surface area contributed by atoms with Crippen molar-refractivity contribution in [2.24, 2.45) is 22.5 Å². The molecule has 3 atom stereocenters. The van der Waals surface area contributed by atoms with Crippen molar-refractivity contribution in [1.29, 1.82) is 0 Å². The quantitative estimate of drug-likeness (QED) is 0.728. The average Bonchev–Trinajstić information content (AvgIpc) is 2.58. The highest BCUT2D eigenvalue weighted by atomic mass is 16.2. The fraction of sp³-hybridized carbons (Fsp3) is 0.833. The van der Waals surface area contributed by atoms with Gasteiger partial charge in [-0.05, 0) is 17.8 Å². The molecule has 0 aromatic heterocycles. The number of ketones is 1. The summed E-state index contributed by atoms with van der Waals surface area (Å²) in [5.74, 6) is 0.0906. The van der Waals surface area contributed by atoms with Gasteiger partial charge in [0.05, 0.1) is 11.5 Å². The predicted molar refractivity (Wildman–Crippen MR) is 60.6 cm³/mol. The van der Waals surface area contributed by atoms with Gasteiger partial charge in [0.1, 0.15) is 5.78 Å². The molecule has 1 aliphatic carbocycles. The Kier molecular flexibility index (Phi) is 2.38. The maximum absolute atomic E-state index is 12.3. The first-order chi connectivity index (χ1) is 7.40. The molecule has 4 heteroatoms. The minimum Gasteiger partial charge on any atom is -0.368 e. The number of nitrogens with two attached hydrogens (primary N) is 1. The number of fused-ring (bicyclic) bond motifs is 1. The van der Waals surface area contributed by atoms with Crippen LogP contribution < -0.4 is 11.1 Å². The van der Waals surface area contributed by atoms with Crippen molar-refractivity contribution in [1.82, 2.24) is 5.32 Å². The van der Waals surface area contributed by atoms with E-state index in [2.05, 4.69) is 19.2 Å². The molecule has 3 N–H and O–H groups in total. The van der Waals surface area contributed by atoms with Crippen LogP contribution in [0.4, 0.5) is 0 Å². The summed E-state index contributed by atoms with van der Waals surface area (Å²) in [6.45, 7) is 6.86. The number of hydrogen-bond acceptors (Lipinski definition) is 3. The summed E-state index contributed by atoms with van der Waals surface area (Å²) in [6.07, 6.45) is 1.38. The minimum atomic E-state index is -0.519. The maximum Gasteiger partial charge on any atom is 0.235 e. The number of nitrogens with one attached hydrogen (secondary N) is 1. The fourth-order valence-electron chi connectivity index (χ4n) is 3.77. The lowest BCUT2D eigenvalue weighted by Crippen LogP contribution is -2.49. The molecule has 0 radical (unpaired) electrons. The van der Waals surface area contributed by atoms with Crippen molar-refractivity contribution in [2.45, 2.75) is 39.7 Å². The zero-order valence-electron chi connectivity index (χ0n) is 10.2. The number of carbonyl (C=O) groups excluding carboxylic acids is 2. The van der Waals surface area contributed by atoms with Gasteiger partial charge in [-0.3, -0.25) is 9.59 Å². The van der Waals surface area contributed by atoms with Crippen LogP contribution in [0.1, 0.15) is 33.6 Å². The third-order valence-electron chi connectivity index (χ3n) is 4.61. The van der Waals surface area contributed by atoms with Crippen LogP contribution in [-0.2, 0) is 9.59 Å². The third kappa shape index (κ3) is 1.08. The van der Waals surface area contributed by atoms with Crippen molar-refractivity contribution in [3.63, 3.8) is 0 Å². The summed E-state index contributed by atoms with van der Waals surface area (Å²) in [6, 6.07) is -0.466. The minimum absolute atomic E-state index is 0.0792. The molecule has 0 bridgehead atoms. The Morgan fingerprint density at radius 3 is 2.50 bits per heavy atom. The molecular formula is C12H20N2O2. The van der Waals surface area contributed by atoms with Gasteiger partial charge in [0.2, 0.25) is 5.91 Å². The molecule has 1 aliphatic heterocycles. The number of amides is 1. The highest BCUT2D eigenvalue weighted by molar-refractivity contribution is 5.98. The topological polar surface area (TPSA) is 72.2 Å². The van der Waals surface area contributed by atoms with Crippen molar-refractivity contribution in [3.05, 3.63) is 0 Å². The van der Waals surface area contributed by atoms with Gasteiger partial charge in [0.25, 0.3) is 0 Å². The van der Waals surface area contributed by atoms with Crippen LogP contribution >= 0.6 is 0 Å². The van der Waals surface area contributed by atoms with E-state index in [0.29, 0.717) is 6.42 Å². The van der Waals surface area contributed by atoms with E-state index in [0.717, 1.165) is 13.0 Å². The van der Waals surface area contributed by atoms with E-state index in [1.807, 2.05) is 6.92 Å². The first-order valence-electron chi connectivity index (χ1n) is 5.96. The molecule has 16 heavy (non-hydrogen) atoms. The highest BCUT2D eigenvalue weighted by Crippen LogP contribution is 2.73. The van der Waals surface area contributed by atoms with E-state index in [9.17, 15) is 9.59 Å². The van der Waals surface area contributed by atoms with Crippen molar-refractivity contribution in [2.75, 3.05) is 6.54 Å². The smallest absolute Gasteiger partial charge is 0.235 e. The highest BCUT2D eigenvalue weighted by Gasteiger charge is 2.80. The standard InChI is InChI=1S/C12H20N2O2/c1-4-5-8(15)12-7(11(12,2)3)6-14-9(12)10(13)16/h7,9,14H,4-6H2,1-3H3,(H2,13,16). The first-order valence-corrected chi connectivity index (χ1v) is 5.96. The second kappa shape index (κ2) is 3.29. The molecule has 2 aliphatic rings. The molecule has 1 amide bonds. The summed E-state index contributed by atoms with van der Waals surface area (Å²) >= 11 is 0. The van der Waals surface area contributed by atoms with Crippen LogP contribution in [0.5, 0.6) is 0 Å². The molecule has 0 aromatic rings. The molecule has 4 nitrogen and oxygen atoms in total. The molecular weight excluding hydrogens is 204 g/mol.